The second-order valence-electron chi connectivity index (χ2n) is 8.91. The molecule has 0 aliphatic carbocycles. The van der Waals surface area contributed by atoms with Crippen LogP contribution in [0.4, 0.5) is 0 Å². The lowest BCUT2D eigenvalue weighted by Crippen LogP contribution is -2.44. The van der Waals surface area contributed by atoms with E-state index in [9.17, 15) is 5.11 Å². The smallest absolute Gasteiger partial charge is 0.137 e. The van der Waals surface area contributed by atoms with Crippen LogP contribution >= 0.6 is 0 Å². The molecule has 0 aromatic heterocycles. The molecule has 2 saturated heterocycles. The molecule has 2 fully saturated rings. The maximum atomic E-state index is 9.87. The Balaban J connectivity index is 1.93. The highest BCUT2D eigenvalue weighted by atomic mass is 16.6. The summed E-state index contributed by atoms with van der Waals surface area (Å²) in [5.74, 6) is 0.386. The van der Waals surface area contributed by atoms with Gasteiger partial charge < -0.3 is 24.1 Å². The van der Waals surface area contributed by atoms with Gasteiger partial charge in [0, 0.05) is 13.7 Å². The van der Waals surface area contributed by atoms with E-state index >= 15 is 0 Å². The van der Waals surface area contributed by atoms with Gasteiger partial charge in [0.2, 0.25) is 0 Å². The molecule has 2 heterocycles. The van der Waals surface area contributed by atoms with E-state index in [4.69, 9.17) is 18.9 Å². The second kappa shape index (κ2) is 7.62. The molecule has 2 rings (SSSR count). The number of methoxy groups -OCH3 is 1. The summed E-state index contributed by atoms with van der Waals surface area (Å²) in [5, 5.41) is 10.1. The normalized spacial score (nSPS) is 33.3. The van der Waals surface area contributed by atoms with Gasteiger partial charge >= 0.3 is 0 Å². The first-order chi connectivity index (χ1) is 11.1. The molecule has 0 bridgehead atoms. The van der Waals surface area contributed by atoms with Gasteiger partial charge in [0.1, 0.15) is 19.5 Å². The molecule has 0 amide bonds. The quantitative estimate of drug-likeness (QED) is 0.685. The highest BCUT2D eigenvalue weighted by Crippen LogP contribution is 2.42. The molecular weight excluding hydrogens is 307 g/mol. The second-order valence-corrected chi connectivity index (χ2v) is 8.91. The lowest BCUT2D eigenvalue weighted by Gasteiger charge is -2.32. The van der Waals surface area contributed by atoms with Crippen molar-refractivity contribution in [1.29, 1.82) is 0 Å². The monoisotopic (exact) mass is 342 g/mol. The van der Waals surface area contributed by atoms with Crippen molar-refractivity contribution in [3.63, 3.8) is 0 Å². The Bertz CT molecular complexity index is 412. The summed E-state index contributed by atoms with van der Waals surface area (Å²) in [5.41, 5.74) is -0.600. The minimum absolute atomic E-state index is 0.0244. The van der Waals surface area contributed by atoms with Crippen molar-refractivity contribution in [2.45, 2.75) is 95.2 Å². The topological polar surface area (TPSA) is 57.2 Å². The minimum Gasteiger partial charge on any atom is -0.390 e. The fourth-order valence-electron chi connectivity index (χ4n) is 3.96. The van der Waals surface area contributed by atoms with Crippen molar-refractivity contribution in [2.24, 2.45) is 0 Å². The van der Waals surface area contributed by atoms with Crippen LogP contribution in [0.5, 0.6) is 0 Å². The first-order valence-corrected chi connectivity index (χ1v) is 9.17. The van der Waals surface area contributed by atoms with E-state index in [1.807, 2.05) is 13.8 Å². The number of aliphatic hydroxyl groups excluding tert-OH is 1. The van der Waals surface area contributed by atoms with E-state index < -0.39 is 11.7 Å². The van der Waals surface area contributed by atoms with Gasteiger partial charge in [0.25, 0.3) is 0 Å². The predicted octanol–water partition coefficient (Wildman–Crippen LogP) is 2.18. The third-order valence-electron chi connectivity index (χ3n) is 5.63. The first-order valence-electron chi connectivity index (χ1n) is 9.17. The molecule has 2 aliphatic heterocycles. The third-order valence-corrected chi connectivity index (χ3v) is 5.63. The number of hydrogen-bond donors (Lipinski definition) is 1. The molecule has 1 N–H and O–H groups in total. The van der Waals surface area contributed by atoms with Gasteiger partial charge in [0.05, 0.1) is 30.5 Å². The van der Waals surface area contributed by atoms with Crippen LogP contribution in [0.1, 0.15) is 48.0 Å². The molecule has 24 heavy (non-hydrogen) atoms. The Hall–Kier alpha value is -0.135. The van der Waals surface area contributed by atoms with Crippen LogP contribution in [0.2, 0.25) is 11.1 Å². The lowest BCUT2D eigenvalue weighted by atomic mass is 9.45. The average Bonchev–Trinajstić information content (AvgIpc) is 3.02. The van der Waals surface area contributed by atoms with E-state index in [1.54, 1.807) is 14.0 Å². The maximum absolute atomic E-state index is 9.87. The van der Waals surface area contributed by atoms with Crippen molar-refractivity contribution in [3.05, 3.63) is 0 Å². The molecule has 0 radical (unpaired) electrons. The summed E-state index contributed by atoms with van der Waals surface area (Å²) >= 11 is 0. The van der Waals surface area contributed by atoms with Gasteiger partial charge in [0.15, 0.2) is 0 Å². The molecule has 140 valence electrons. The first kappa shape index (κ1) is 20.2. The summed E-state index contributed by atoms with van der Waals surface area (Å²) in [6.07, 6.45) is 0.701. The SMILES string of the molecule is COC(C)CC(C)(C)BC1COC2C(OC(C)(C)C(C)O)COC12. The van der Waals surface area contributed by atoms with Crippen molar-refractivity contribution in [2.75, 3.05) is 20.3 Å². The van der Waals surface area contributed by atoms with E-state index in [0.29, 0.717) is 12.4 Å². The number of rotatable bonds is 8. The zero-order chi connectivity index (χ0) is 18.1. The zero-order valence-corrected chi connectivity index (χ0v) is 16.4. The van der Waals surface area contributed by atoms with Crippen LogP contribution in [0, 0.1) is 0 Å². The van der Waals surface area contributed by atoms with Crippen LogP contribution in [0.25, 0.3) is 0 Å². The van der Waals surface area contributed by atoms with E-state index in [1.165, 1.54) is 0 Å². The fraction of sp³-hybridized carbons (Fsp3) is 1.00. The summed E-state index contributed by atoms with van der Waals surface area (Å²) < 4.78 is 23.6. The Morgan fingerprint density at radius 3 is 2.33 bits per heavy atom. The van der Waals surface area contributed by atoms with Crippen LogP contribution in [0.15, 0.2) is 0 Å². The van der Waals surface area contributed by atoms with Gasteiger partial charge in [-0.1, -0.05) is 19.2 Å². The molecule has 2 aliphatic rings. The molecule has 5 nitrogen and oxygen atoms in total. The summed E-state index contributed by atoms with van der Waals surface area (Å²) in [6, 6.07) is 0. The van der Waals surface area contributed by atoms with E-state index in [-0.39, 0.29) is 29.7 Å². The maximum Gasteiger partial charge on any atom is 0.137 e. The molecule has 6 heteroatoms. The van der Waals surface area contributed by atoms with Crippen LogP contribution < -0.4 is 0 Å². The predicted molar refractivity (Wildman–Crippen MR) is 96.1 cm³/mol. The Kier molecular flexibility index (Phi) is 6.41. The van der Waals surface area contributed by atoms with Crippen molar-refractivity contribution >= 4 is 7.28 Å². The van der Waals surface area contributed by atoms with Gasteiger partial charge in [-0.05, 0) is 39.9 Å². The number of hydrogen-bond acceptors (Lipinski definition) is 5. The standard InChI is InChI=1S/C18H35BO5/c1-11(21-7)8-17(3,4)19-13-9-22-16-14(10-23-15(13)16)24-18(5,6)12(2)20/h11-16,19-20H,8-10H2,1-7H3. The highest BCUT2D eigenvalue weighted by molar-refractivity contribution is 6.42. The molecular formula is C18H35BO5. The molecule has 0 saturated carbocycles. The lowest BCUT2D eigenvalue weighted by molar-refractivity contribution is -0.153. The number of ether oxygens (including phenoxy) is 4. The molecule has 0 aromatic rings. The summed E-state index contributed by atoms with van der Waals surface area (Å²) in [4.78, 5) is 0. The highest BCUT2D eigenvalue weighted by Gasteiger charge is 2.51. The summed E-state index contributed by atoms with van der Waals surface area (Å²) in [6.45, 7) is 13.5. The summed E-state index contributed by atoms with van der Waals surface area (Å²) in [7, 11) is 2.82. The number of fused-ring (bicyclic) bond motifs is 1. The fourth-order valence-corrected chi connectivity index (χ4v) is 3.96. The molecule has 0 aromatic carbocycles. The largest absolute Gasteiger partial charge is 0.390 e. The van der Waals surface area contributed by atoms with Crippen molar-refractivity contribution in [3.8, 4) is 0 Å². The van der Waals surface area contributed by atoms with Crippen LogP contribution in [-0.4, -0.2) is 68.8 Å². The third kappa shape index (κ3) is 4.73. The van der Waals surface area contributed by atoms with Crippen LogP contribution in [-0.2, 0) is 18.9 Å². The van der Waals surface area contributed by atoms with Gasteiger partial charge in [-0.3, -0.25) is 0 Å². The van der Waals surface area contributed by atoms with Crippen molar-refractivity contribution < 1.29 is 24.1 Å². The van der Waals surface area contributed by atoms with Crippen LogP contribution in [0.3, 0.4) is 0 Å². The van der Waals surface area contributed by atoms with Crippen molar-refractivity contribution in [1.82, 2.24) is 0 Å². The average molecular weight is 342 g/mol. The molecule has 0 spiro atoms. The van der Waals surface area contributed by atoms with Gasteiger partial charge in [-0.25, -0.2) is 0 Å². The van der Waals surface area contributed by atoms with E-state index in [0.717, 1.165) is 20.3 Å². The molecule has 6 unspecified atom stereocenters. The van der Waals surface area contributed by atoms with Gasteiger partial charge in [-0.2, -0.15) is 0 Å². The van der Waals surface area contributed by atoms with E-state index in [2.05, 4.69) is 20.8 Å². The number of aliphatic hydroxyl groups is 1. The van der Waals surface area contributed by atoms with Gasteiger partial charge in [-0.15, -0.1) is 0 Å². The Labute approximate surface area is 147 Å². The molecule has 6 atom stereocenters. The zero-order valence-electron chi connectivity index (χ0n) is 16.4. The Morgan fingerprint density at radius 1 is 1.12 bits per heavy atom. The minimum atomic E-state index is -0.600. The Morgan fingerprint density at radius 2 is 1.75 bits per heavy atom.